The lowest BCUT2D eigenvalue weighted by molar-refractivity contribution is -0.136. The smallest absolute Gasteiger partial charge is 0.303 e. The van der Waals surface area contributed by atoms with Gasteiger partial charge in [0.15, 0.2) is 0 Å². The van der Waals surface area contributed by atoms with Gasteiger partial charge in [0.05, 0.1) is 5.69 Å². The Morgan fingerprint density at radius 3 is 2.83 bits per heavy atom. The number of carbonyl (C=O) groups is 1. The zero-order chi connectivity index (χ0) is 9.14. The number of nitrogens with two attached hydrogens (primary N) is 1. The Morgan fingerprint density at radius 2 is 2.42 bits per heavy atom. The molecule has 1 aromatic heterocycles. The summed E-state index contributed by atoms with van der Waals surface area (Å²) in [4.78, 5) is 10.2. The molecule has 5 heteroatoms. The second-order valence-electron chi connectivity index (χ2n) is 2.50. The highest BCUT2D eigenvalue weighted by molar-refractivity contribution is 5.67. The van der Waals surface area contributed by atoms with Gasteiger partial charge in [-0.1, -0.05) is 5.16 Å². The number of rotatable bonds is 3. The Hall–Kier alpha value is -1.52. The molecule has 0 saturated heterocycles. The number of nitrogens with zero attached hydrogens (tertiary/aromatic N) is 1. The van der Waals surface area contributed by atoms with E-state index in [0.29, 0.717) is 17.7 Å². The summed E-state index contributed by atoms with van der Waals surface area (Å²) in [6.45, 7) is 1.73. The molecule has 1 rings (SSSR count). The zero-order valence-corrected chi connectivity index (χ0v) is 6.70. The van der Waals surface area contributed by atoms with Gasteiger partial charge in [0.2, 0.25) is 5.88 Å². The number of aromatic nitrogens is 1. The molecule has 1 aromatic rings. The molecule has 3 N–H and O–H groups in total. The highest BCUT2D eigenvalue weighted by atomic mass is 16.5. The Morgan fingerprint density at radius 1 is 1.75 bits per heavy atom. The predicted molar refractivity (Wildman–Crippen MR) is 41.6 cm³/mol. The van der Waals surface area contributed by atoms with Gasteiger partial charge in [0.25, 0.3) is 0 Å². The maximum Gasteiger partial charge on any atom is 0.303 e. The molecule has 0 atom stereocenters. The molecule has 66 valence electrons. The average molecular weight is 170 g/mol. The summed E-state index contributed by atoms with van der Waals surface area (Å²) in [6.07, 6.45) is 0.419. The molecule has 12 heavy (non-hydrogen) atoms. The summed E-state index contributed by atoms with van der Waals surface area (Å²) in [6, 6.07) is 0. The lowest BCUT2D eigenvalue weighted by Crippen LogP contribution is -1.99. The summed E-state index contributed by atoms with van der Waals surface area (Å²) >= 11 is 0. The summed E-state index contributed by atoms with van der Waals surface area (Å²) in [5, 5.41) is 12.0. The second kappa shape index (κ2) is 3.25. The lowest BCUT2D eigenvalue weighted by atomic mass is 10.1. The van der Waals surface area contributed by atoms with E-state index < -0.39 is 5.97 Å². The fourth-order valence-corrected chi connectivity index (χ4v) is 0.942. The number of nitrogen functional groups attached to an aromatic ring is 1. The second-order valence-corrected chi connectivity index (χ2v) is 2.50. The van der Waals surface area contributed by atoms with Crippen molar-refractivity contribution in [3.63, 3.8) is 0 Å². The van der Waals surface area contributed by atoms with Crippen LogP contribution in [0.3, 0.4) is 0 Å². The minimum atomic E-state index is -0.852. The van der Waals surface area contributed by atoms with Gasteiger partial charge in [-0.15, -0.1) is 0 Å². The highest BCUT2D eigenvalue weighted by Gasteiger charge is 2.10. The van der Waals surface area contributed by atoms with E-state index in [1.807, 2.05) is 0 Å². The van der Waals surface area contributed by atoms with E-state index in [2.05, 4.69) is 9.68 Å². The number of hydrogen-bond donors (Lipinski definition) is 2. The van der Waals surface area contributed by atoms with Crippen LogP contribution in [0.1, 0.15) is 17.7 Å². The van der Waals surface area contributed by atoms with Crippen molar-refractivity contribution in [2.24, 2.45) is 0 Å². The van der Waals surface area contributed by atoms with Crippen LogP contribution in [0.2, 0.25) is 0 Å². The molecule has 0 aromatic carbocycles. The van der Waals surface area contributed by atoms with Gasteiger partial charge >= 0.3 is 5.97 Å². The largest absolute Gasteiger partial charge is 0.481 e. The molecule has 0 unspecified atom stereocenters. The number of anilines is 1. The Balaban J connectivity index is 2.68. The quantitative estimate of drug-likeness (QED) is 0.692. The van der Waals surface area contributed by atoms with E-state index in [1.54, 1.807) is 6.92 Å². The average Bonchev–Trinajstić information content (AvgIpc) is 2.28. The molecular formula is C7H10N2O3. The summed E-state index contributed by atoms with van der Waals surface area (Å²) < 4.78 is 4.66. The van der Waals surface area contributed by atoms with Crippen molar-refractivity contribution in [1.29, 1.82) is 0 Å². The van der Waals surface area contributed by atoms with Gasteiger partial charge in [0, 0.05) is 12.0 Å². The highest BCUT2D eigenvalue weighted by Crippen LogP contribution is 2.16. The molecular weight excluding hydrogens is 160 g/mol. The van der Waals surface area contributed by atoms with Gasteiger partial charge in [0.1, 0.15) is 0 Å². The van der Waals surface area contributed by atoms with E-state index in [4.69, 9.17) is 10.8 Å². The lowest BCUT2D eigenvalue weighted by Gasteiger charge is -1.94. The van der Waals surface area contributed by atoms with Crippen molar-refractivity contribution in [2.75, 3.05) is 5.73 Å². The number of hydrogen-bond acceptors (Lipinski definition) is 4. The van der Waals surface area contributed by atoms with E-state index >= 15 is 0 Å². The summed E-state index contributed by atoms with van der Waals surface area (Å²) in [5.74, 6) is -0.635. The van der Waals surface area contributed by atoms with Crippen LogP contribution < -0.4 is 5.73 Å². The normalized spacial score (nSPS) is 10.1. The topological polar surface area (TPSA) is 89.4 Å². The fourth-order valence-electron chi connectivity index (χ4n) is 0.942. The van der Waals surface area contributed by atoms with Crippen LogP contribution in [0.25, 0.3) is 0 Å². The third-order valence-corrected chi connectivity index (χ3v) is 1.60. The standard InChI is InChI=1S/C7H10N2O3/c1-4-5(2-3-6(10)11)7(8)12-9-4/h2-3,8H2,1H3,(H,10,11). The van der Waals surface area contributed by atoms with Crippen molar-refractivity contribution >= 4 is 11.9 Å². The van der Waals surface area contributed by atoms with E-state index in [-0.39, 0.29) is 12.3 Å². The molecule has 0 fully saturated rings. The summed E-state index contributed by atoms with van der Waals surface area (Å²) in [7, 11) is 0. The first kappa shape index (κ1) is 8.58. The molecule has 0 saturated carbocycles. The van der Waals surface area contributed by atoms with Gasteiger partial charge in [-0.25, -0.2) is 0 Å². The number of aryl methyl sites for hydroxylation is 1. The predicted octanol–water partition coefficient (Wildman–Crippen LogP) is 0.582. The minimum absolute atomic E-state index is 0.0479. The molecule has 0 aliphatic heterocycles. The van der Waals surface area contributed by atoms with Crippen molar-refractivity contribution in [3.05, 3.63) is 11.3 Å². The molecule has 0 bridgehead atoms. The third-order valence-electron chi connectivity index (χ3n) is 1.60. The van der Waals surface area contributed by atoms with Gasteiger partial charge < -0.3 is 15.4 Å². The zero-order valence-electron chi connectivity index (χ0n) is 6.70. The van der Waals surface area contributed by atoms with E-state index in [1.165, 1.54) is 0 Å². The van der Waals surface area contributed by atoms with Crippen LogP contribution in [0.4, 0.5) is 5.88 Å². The Bertz CT molecular complexity index is 273. The van der Waals surface area contributed by atoms with Crippen molar-refractivity contribution in [1.82, 2.24) is 5.16 Å². The first-order valence-corrected chi connectivity index (χ1v) is 3.53. The van der Waals surface area contributed by atoms with Crippen molar-refractivity contribution in [3.8, 4) is 0 Å². The van der Waals surface area contributed by atoms with Gasteiger partial charge in [-0.05, 0) is 13.3 Å². The summed E-state index contributed by atoms with van der Waals surface area (Å²) in [5.41, 5.74) is 6.76. The molecule has 5 nitrogen and oxygen atoms in total. The Labute approximate surface area is 69.2 Å². The van der Waals surface area contributed by atoms with Crippen LogP contribution in [0.5, 0.6) is 0 Å². The minimum Gasteiger partial charge on any atom is -0.481 e. The molecule has 0 aliphatic carbocycles. The van der Waals surface area contributed by atoms with E-state index in [0.717, 1.165) is 0 Å². The van der Waals surface area contributed by atoms with Gasteiger partial charge in [-0.3, -0.25) is 4.79 Å². The van der Waals surface area contributed by atoms with Crippen LogP contribution in [0.15, 0.2) is 4.52 Å². The van der Waals surface area contributed by atoms with Crippen LogP contribution >= 0.6 is 0 Å². The maximum atomic E-state index is 10.2. The SMILES string of the molecule is Cc1noc(N)c1CCC(=O)O. The molecule has 0 spiro atoms. The van der Waals surface area contributed by atoms with Crippen LogP contribution in [-0.2, 0) is 11.2 Å². The molecule has 0 radical (unpaired) electrons. The van der Waals surface area contributed by atoms with Crippen LogP contribution in [0, 0.1) is 6.92 Å². The van der Waals surface area contributed by atoms with Crippen molar-refractivity contribution < 1.29 is 14.4 Å². The fraction of sp³-hybridized carbons (Fsp3) is 0.429. The number of carboxylic acid groups (broad SMARTS) is 1. The first-order chi connectivity index (χ1) is 5.61. The van der Waals surface area contributed by atoms with Crippen LogP contribution in [-0.4, -0.2) is 16.2 Å². The number of aliphatic carboxylic acids is 1. The molecule has 1 heterocycles. The third kappa shape index (κ3) is 1.75. The monoisotopic (exact) mass is 170 g/mol. The van der Waals surface area contributed by atoms with Crippen molar-refractivity contribution in [2.45, 2.75) is 19.8 Å². The first-order valence-electron chi connectivity index (χ1n) is 3.53. The van der Waals surface area contributed by atoms with E-state index in [9.17, 15) is 4.79 Å². The maximum absolute atomic E-state index is 10.2. The molecule has 0 amide bonds. The number of carboxylic acids is 1. The molecule has 0 aliphatic rings. The Kier molecular flexibility index (Phi) is 2.32. The van der Waals surface area contributed by atoms with Gasteiger partial charge in [-0.2, -0.15) is 0 Å².